The molecule has 2 atom stereocenters. The van der Waals surface area contributed by atoms with Crippen molar-refractivity contribution in [3.05, 3.63) is 109 Å². The Morgan fingerprint density at radius 3 is 1.56 bits per heavy atom. The number of esters is 2. The van der Waals surface area contributed by atoms with E-state index >= 15 is 0 Å². The fraction of sp³-hybridized carbons (Fsp3) is 0.523. The van der Waals surface area contributed by atoms with Crippen LogP contribution in [0.15, 0.2) is 109 Å². The van der Waals surface area contributed by atoms with Crippen LogP contribution >= 0.6 is 0 Å². The first kappa shape index (κ1) is 48.0. The van der Waals surface area contributed by atoms with Crippen LogP contribution in [0.4, 0.5) is 0 Å². The first-order valence-electron chi connectivity index (χ1n) is 19.0. The molecule has 0 fully saturated rings. The lowest BCUT2D eigenvalue weighted by Gasteiger charge is -2.34. The third-order valence-corrected chi connectivity index (χ3v) is 7.63. The van der Waals surface area contributed by atoms with Crippen LogP contribution in [0.5, 0.6) is 0 Å². The van der Waals surface area contributed by atoms with Crippen molar-refractivity contribution in [3.63, 3.8) is 0 Å². The fourth-order valence-corrected chi connectivity index (χ4v) is 4.70. The van der Waals surface area contributed by atoms with Gasteiger partial charge in [0.25, 0.3) is 0 Å². The van der Waals surface area contributed by atoms with Gasteiger partial charge in [-0.25, -0.2) is 0 Å². The predicted molar refractivity (Wildman–Crippen MR) is 212 cm³/mol. The third kappa shape index (κ3) is 31.9. The molecule has 52 heavy (non-hydrogen) atoms. The average molecular weight is 722 g/mol. The van der Waals surface area contributed by atoms with E-state index in [1.165, 1.54) is 0 Å². The van der Waals surface area contributed by atoms with E-state index in [0.717, 1.165) is 51.4 Å². The molecular formula is C44H67NO7. The minimum atomic E-state index is -1.15. The number of carbonyl (C=O) groups excluding carboxylic acids is 3. The van der Waals surface area contributed by atoms with Crippen molar-refractivity contribution in [1.82, 2.24) is 0 Å². The highest BCUT2D eigenvalue weighted by Crippen LogP contribution is 2.11. The highest BCUT2D eigenvalue weighted by molar-refractivity contribution is 5.70. The van der Waals surface area contributed by atoms with Crippen LogP contribution in [0.25, 0.3) is 0 Å². The maximum absolute atomic E-state index is 12.6. The zero-order valence-electron chi connectivity index (χ0n) is 32.7. The number of hydrogen-bond donors (Lipinski definition) is 0. The number of ether oxygens (including phenoxy) is 3. The molecule has 0 heterocycles. The maximum atomic E-state index is 12.6. The number of aliphatic carboxylic acids is 1. The average Bonchev–Trinajstić information content (AvgIpc) is 3.09. The molecule has 8 heteroatoms. The molecular weight excluding hydrogens is 654 g/mol. The molecule has 0 aliphatic heterocycles. The van der Waals surface area contributed by atoms with E-state index in [4.69, 9.17) is 14.2 Å². The van der Waals surface area contributed by atoms with Crippen molar-refractivity contribution in [2.75, 3.05) is 41.0 Å². The van der Waals surface area contributed by atoms with E-state index < -0.39 is 18.1 Å². The summed E-state index contributed by atoms with van der Waals surface area (Å²) in [6, 6.07) is -0.747. The summed E-state index contributed by atoms with van der Waals surface area (Å²) in [5.74, 6) is -1.89. The lowest BCUT2D eigenvalue weighted by atomic mass is 10.1. The van der Waals surface area contributed by atoms with Gasteiger partial charge in [-0.3, -0.25) is 9.59 Å². The van der Waals surface area contributed by atoms with Gasteiger partial charge in [0.2, 0.25) is 0 Å². The number of carboxylic acids is 1. The van der Waals surface area contributed by atoms with Gasteiger partial charge in [0.05, 0.1) is 40.3 Å². The number of hydrogen-bond acceptors (Lipinski definition) is 7. The normalized spacial score (nSPS) is 14.2. The molecule has 2 unspecified atom stereocenters. The summed E-state index contributed by atoms with van der Waals surface area (Å²) in [6.07, 6.45) is 45.5. The molecule has 0 N–H and O–H groups in total. The molecule has 0 spiro atoms. The van der Waals surface area contributed by atoms with Crippen LogP contribution in [0.2, 0.25) is 0 Å². The first-order chi connectivity index (χ1) is 25.1. The van der Waals surface area contributed by atoms with E-state index in [9.17, 15) is 19.5 Å². The van der Waals surface area contributed by atoms with Crippen molar-refractivity contribution in [2.24, 2.45) is 0 Å². The van der Waals surface area contributed by atoms with Crippen molar-refractivity contribution in [1.29, 1.82) is 0 Å². The van der Waals surface area contributed by atoms with Crippen molar-refractivity contribution in [3.8, 4) is 0 Å². The van der Waals surface area contributed by atoms with E-state index in [-0.39, 0.29) is 55.5 Å². The van der Waals surface area contributed by atoms with Gasteiger partial charge >= 0.3 is 11.9 Å². The lowest BCUT2D eigenvalue weighted by molar-refractivity contribution is -0.889. The van der Waals surface area contributed by atoms with E-state index in [1.54, 1.807) is 21.1 Å². The monoisotopic (exact) mass is 721 g/mol. The summed E-state index contributed by atoms with van der Waals surface area (Å²) < 4.78 is 17.0. The molecule has 0 saturated heterocycles. The molecule has 8 nitrogen and oxygen atoms in total. The summed E-state index contributed by atoms with van der Waals surface area (Å²) in [5, 5.41) is 11.6. The van der Waals surface area contributed by atoms with Crippen molar-refractivity contribution < 1.29 is 38.2 Å². The first-order valence-corrected chi connectivity index (χ1v) is 19.0. The SMILES string of the molecule is CC/C=C/C=C/C=C/C=C/C=C/CCCC(=O)OCC(COCCC(C(=O)[O-])[N+](C)(C)C)OC(=O)CCCCCCC/C=C/C=C/C=C/C=C/CC. The smallest absolute Gasteiger partial charge is 0.306 e. The van der Waals surface area contributed by atoms with Crippen LogP contribution in [-0.4, -0.2) is 75.5 Å². The summed E-state index contributed by atoms with van der Waals surface area (Å²) in [5.41, 5.74) is 0. The van der Waals surface area contributed by atoms with Gasteiger partial charge in [0.15, 0.2) is 6.10 Å². The van der Waals surface area contributed by atoms with Crippen LogP contribution in [0, 0.1) is 0 Å². The van der Waals surface area contributed by atoms with E-state index in [0.29, 0.717) is 12.8 Å². The van der Waals surface area contributed by atoms with E-state index in [2.05, 4.69) is 38.2 Å². The number of likely N-dealkylation sites (N-methyl/N-ethyl adjacent to an activating group) is 1. The van der Waals surface area contributed by atoms with Crippen LogP contribution in [0.1, 0.15) is 97.3 Å². The molecule has 0 amide bonds. The second-order valence-corrected chi connectivity index (χ2v) is 13.3. The van der Waals surface area contributed by atoms with Gasteiger partial charge < -0.3 is 28.6 Å². The zero-order valence-corrected chi connectivity index (χ0v) is 32.7. The highest BCUT2D eigenvalue weighted by Gasteiger charge is 2.25. The summed E-state index contributed by atoms with van der Waals surface area (Å²) in [6.45, 7) is 4.22. The number of carboxylic acid groups (broad SMARTS) is 1. The van der Waals surface area contributed by atoms with Crippen molar-refractivity contribution in [2.45, 2.75) is 109 Å². The Morgan fingerprint density at radius 2 is 1.04 bits per heavy atom. The van der Waals surface area contributed by atoms with Gasteiger partial charge in [-0.2, -0.15) is 0 Å². The summed E-state index contributed by atoms with van der Waals surface area (Å²) in [7, 11) is 5.35. The Morgan fingerprint density at radius 1 is 0.577 bits per heavy atom. The number of quaternary nitrogens is 1. The molecule has 0 aliphatic carbocycles. The topological polar surface area (TPSA) is 102 Å². The number of rotatable bonds is 31. The van der Waals surface area contributed by atoms with Gasteiger partial charge in [0.1, 0.15) is 12.6 Å². The number of carbonyl (C=O) groups is 3. The Balaban J connectivity index is 4.62. The minimum absolute atomic E-state index is 0.000417. The van der Waals surface area contributed by atoms with Gasteiger partial charge in [-0.15, -0.1) is 0 Å². The van der Waals surface area contributed by atoms with Crippen molar-refractivity contribution >= 4 is 17.9 Å². The summed E-state index contributed by atoms with van der Waals surface area (Å²) in [4.78, 5) is 36.6. The fourth-order valence-electron chi connectivity index (χ4n) is 4.70. The van der Waals surface area contributed by atoms with Crippen LogP contribution < -0.4 is 5.11 Å². The molecule has 0 rings (SSSR count). The summed E-state index contributed by atoms with van der Waals surface area (Å²) >= 11 is 0. The predicted octanol–water partition coefficient (Wildman–Crippen LogP) is 8.40. The van der Waals surface area contributed by atoms with Gasteiger partial charge in [-0.1, -0.05) is 142 Å². The number of nitrogens with zero attached hydrogens (tertiary/aromatic N) is 1. The third-order valence-electron chi connectivity index (χ3n) is 7.63. The second kappa shape index (κ2) is 34.1. The molecule has 0 radical (unpaired) electrons. The Hall–Kier alpha value is -4.01. The molecule has 0 aromatic carbocycles. The Kier molecular flexibility index (Phi) is 31.5. The Bertz CT molecular complexity index is 1210. The van der Waals surface area contributed by atoms with Crippen LogP contribution in [0.3, 0.4) is 0 Å². The van der Waals surface area contributed by atoms with Gasteiger partial charge in [0, 0.05) is 19.3 Å². The zero-order chi connectivity index (χ0) is 38.5. The quantitative estimate of drug-likeness (QED) is 0.0307. The number of allylic oxidation sites excluding steroid dienone is 18. The second-order valence-electron chi connectivity index (χ2n) is 13.3. The molecule has 290 valence electrons. The molecule has 0 aromatic heterocycles. The Labute approximate surface area is 315 Å². The highest BCUT2D eigenvalue weighted by atomic mass is 16.6. The standard InChI is InChI=1S/C44H67NO7/c1-6-8-10-12-14-16-18-20-21-23-25-27-29-31-33-35-43(47)52-40(38-50-37-36-41(44(48)49)45(3,4)5)39-51-42(46)34-32-30-28-26-24-22-19-17-15-13-11-9-7-2/h8-22,24,26,28,40-41H,6-7,23,25,27,29-39H2,1-5H3/b10-8+,11-9+,14-12+,15-13+,18-16+,19-17+,21-20+,24-22+,28-26+. The van der Waals surface area contributed by atoms with Crippen LogP contribution in [-0.2, 0) is 28.6 Å². The molecule has 0 saturated carbocycles. The maximum Gasteiger partial charge on any atom is 0.306 e. The molecule has 0 bridgehead atoms. The minimum Gasteiger partial charge on any atom is -0.544 e. The van der Waals surface area contributed by atoms with E-state index in [1.807, 2.05) is 85.1 Å². The number of unbranched alkanes of at least 4 members (excludes halogenated alkanes) is 6. The molecule has 0 aliphatic rings. The van der Waals surface area contributed by atoms with Gasteiger partial charge in [-0.05, 0) is 44.9 Å². The molecule has 0 aromatic rings. The largest absolute Gasteiger partial charge is 0.544 e. The lowest BCUT2D eigenvalue weighted by Crippen LogP contribution is -2.55.